The molecule has 3 aromatic carbocycles. The Morgan fingerprint density at radius 3 is 2.42 bits per heavy atom. The fourth-order valence-electron chi connectivity index (χ4n) is 4.01. The Balaban J connectivity index is 1.54. The van der Waals surface area contributed by atoms with Gasteiger partial charge in [0.05, 0.1) is 0 Å². The zero-order valence-corrected chi connectivity index (χ0v) is 18.9. The summed E-state index contributed by atoms with van der Waals surface area (Å²) >= 11 is 6.03. The fourth-order valence-corrected chi connectivity index (χ4v) is 4.14. The molecule has 158 valence electrons. The Bertz CT molecular complexity index is 1210. The van der Waals surface area contributed by atoms with E-state index in [1.54, 1.807) is 0 Å². The average molecular weight is 431 g/mol. The molecular weight excluding hydrogens is 404 g/mol. The molecule has 1 aromatic heterocycles. The Kier molecular flexibility index (Phi) is 6.15. The van der Waals surface area contributed by atoms with Gasteiger partial charge in [0.15, 0.2) is 0 Å². The van der Waals surface area contributed by atoms with Gasteiger partial charge in [-0.2, -0.15) is 0 Å². The summed E-state index contributed by atoms with van der Waals surface area (Å²) < 4.78 is 2.30. The molecule has 0 spiro atoms. The molecular formula is C27H27ClN2O. The highest BCUT2D eigenvalue weighted by Gasteiger charge is 2.15. The van der Waals surface area contributed by atoms with Gasteiger partial charge in [0.25, 0.3) is 5.91 Å². The van der Waals surface area contributed by atoms with Gasteiger partial charge in [0, 0.05) is 40.3 Å². The number of carbonyl (C=O) groups is 1. The zero-order valence-electron chi connectivity index (χ0n) is 18.2. The molecule has 1 heterocycles. The summed E-state index contributed by atoms with van der Waals surface area (Å²) in [6.07, 6.45) is 0. The number of halogens is 1. The Labute approximate surface area is 188 Å². The second-order valence-corrected chi connectivity index (χ2v) is 8.61. The molecule has 4 aromatic rings. The Hall–Kier alpha value is -3.04. The first-order valence-electron chi connectivity index (χ1n) is 10.6. The van der Waals surface area contributed by atoms with Gasteiger partial charge in [-0.3, -0.25) is 4.79 Å². The minimum absolute atomic E-state index is 0.0350. The predicted molar refractivity (Wildman–Crippen MR) is 129 cm³/mol. The highest BCUT2D eigenvalue weighted by Crippen LogP contribution is 2.27. The van der Waals surface area contributed by atoms with Crippen molar-refractivity contribution in [3.63, 3.8) is 0 Å². The van der Waals surface area contributed by atoms with Gasteiger partial charge in [-0.15, -0.1) is 0 Å². The van der Waals surface area contributed by atoms with Crippen molar-refractivity contribution >= 4 is 28.4 Å². The molecule has 0 saturated heterocycles. The van der Waals surface area contributed by atoms with Crippen molar-refractivity contribution in [2.45, 2.75) is 33.2 Å². The molecule has 1 N–H and O–H groups in total. The summed E-state index contributed by atoms with van der Waals surface area (Å²) in [6.45, 7) is 7.76. The van der Waals surface area contributed by atoms with E-state index in [1.165, 1.54) is 22.4 Å². The molecule has 1 amide bonds. The lowest BCUT2D eigenvalue weighted by atomic mass is 10.0. The van der Waals surface area contributed by atoms with E-state index in [4.69, 9.17) is 11.6 Å². The number of nitrogens with one attached hydrogen (secondary N) is 1. The number of hydrogen-bond acceptors (Lipinski definition) is 1. The summed E-state index contributed by atoms with van der Waals surface area (Å²) in [5.74, 6) is 0.227. The standard InChI is InChI=1S/C27H27ClN2O/c1-18(22-7-5-4-6-8-22)16-29-27(31)23-11-14-26-25(15-23)19(2)20(3)30(26)17-21-9-12-24(28)13-10-21/h4-15,18H,16-17H2,1-3H3,(H,29,31)/t18-/m0/s1. The zero-order chi connectivity index (χ0) is 22.0. The first kappa shape index (κ1) is 21.2. The number of aromatic nitrogens is 1. The number of aryl methyl sites for hydroxylation is 1. The van der Waals surface area contributed by atoms with Gasteiger partial charge in [-0.1, -0.05) is 61.0 Å². The third kappa shape index (κ3) is 4.52. The molecule has 0 bridgehead atoms. The van der Waals surface area contributed by atoms with Crippen molar-refractivity contribution < 1.29 is 4.79 Å². The maximum absolute atomic E-state index is 12.8. The minimum Gasteiger partial charge on any atom is -0.351 e. The third-order valence-corrected chi connectivity index (χ3v) is 6.34. The number of nitrogens with zero attached hydrogens (tertiary/aromatic N) is 1. The highest BCUT2D eigenvalue weighted by atomic mass is 35.5. The van der Waals surface area contributed by atoms with Crippen molar-refractivity contribution in [3.05, 3.63) is 106 Å². The van der Waals surface area contributed by atoms with E-state index < -0.39 is 0 Å². The summed E-state index contributed by atoms with van der Waals surface area (Å²) in [6, 6.07) is 24.2. The largest absolute Gasteiger partial charge is 0.351 e. The van der Waals surface area contributed by atoms with Crippen LogP contribution in [0.4, 0.5) is 0 Å². The van der Waals surface area contributed by atoms with Crippen LogP contribution < -0.4 is 5.32 Å². The molecule has 3 nitrogen and oxygen atoms in total. The maximum atomic E-state index is 12.8. The van der Waals surface area contributed by atoms with E-state index in [1.807, 2.05) is 42.5 Å². The van der Waals surface area contributed by atoms with Gasteiger partial charge in [-0.25, -0.2) is 0 Å². The summed E-state index contributed by atoms with van der Waals surface area (Å²) in [7, 11) is 0. The molecule has 31 heavy (non-hydrogen) atoms. The van der Waals surface area contributed by atoms with E-state index in [0.717, 1.165) is 22.5 Å². The molecule has 0 radical (unpaired) electrons. The minimum atomic E-state index is -0.0350. The average Bonchev–Trinajstić information content (AvgIpc) is 3.03. The molecule has 0 unspecified atom stereocenters. The quantitative estimate of drug-likeness (QED) is 0.372. The van der Waals surface area contributed by atoms with E-state index in [0.29, 0.717) is 12.1 Å². The lowest BCUT2D eigenvalue weighted by molar-refractivity contribution is 0.0952. The smallest absolute Gasteiger partial charge is 0.251 e. The van der Waals surface area contributed by atoms with E-state index in [-0.39, 0.29) is 11.8 Å². The third-order valence-electron chi connectivity index (χ3n) is 6.09. The summed E-state index contributed by atoms with van der Waals surface area (Å²) in [5, 5.41) is 4.95. The lowest BCUT2D eigenvalue weighted by Gasteiger charge is -2.13. The van der Waals surface area contributed by atoms with Crippen LogP contribution in [0.25, 0.3) is 10.9 Å². The van der Waals surface area contributed by atoms with Crippen LogP contribution in [-0.4, -0.2) is 17.0 Å². The summed E-state index contributed by atoms with van der Waals surface area (Å²) in [4.78, 5) is 12.8. The number of carbonyl (C=O) groups excluding carboxylic acids is 1. The number of hydrogen-bond donors (Lipinski definition) is 1. The van der Waals surface area contributed by atoms with Crippen molar-refractivity contribution in [2.75, 3.05) is 6.54 Å². The normalized spacial score (nSPS) is 12.1. The molecule has 0 saturated carbocycles. The summed E-state index contributed by atoms with van der Waals surface area (Å²) in [5.41, 5.74) is 6.67. The van der Waals surface area contributed by atoms with E-state index in [2.05, 4.69) is 61.0 Å². The van der Waals surface area contributed by atoms with Gasteiger partial charge in [0.2, 0.25) is 0 Å². The molecule has 0 aliphatic rings. The number of amides is 1. The van der Waals surface area contributed by atoms with Gasteiger partial charge in [0.1, 0.15) is 0 Å². The second-order valence-electron chi connectivity index (χ2n) is 8.18. The highest BCUT2D eigenvalue weighted by molar-refractivity contribution is 6.30. The Morgan fingerprint density at radius 1 is 1.00 bits per heavy atom. The molecule has 0 fully saturated rings. The first-order chi connectivity index (χ1) is 14.9. The SMILES string of the molecule is Cc1c(C)n(Cc2ccc(Cl)cc2)c2ccc(C(=O)NC[C@H](C)c3ccccc3)cc12. The monoisotopic (exact) mass is 430 g/mol. The maximum Gasteiger partial charge on any atom is 0.251 e. The topological polar surface area (TPSA) is 34.0 Å². The van der Waals surface area contributed by atoms with Crippen LogP contribution in [0.3, 0.4) is 0 Å². The van der Waals surface area contributed by atoms with Crippen LogP contribution in [0.2, 0.25) is 5.02 Å². The van der Waals surface area contributed by atoms with E-state index >= 15 is 0 Å². The molecule has 0 aliphatic heterocycles. The number of rotatable bonds is 6. The molecule has 4 heteroatoms. The van der Waals surface area contributed by atoms with Gasteiger partial charge < -0.3 is 9.88 Å². The molecule has 1 atom stereocenters. The number of fused-ring (bicyclic) bond motifs is 1. The number of benzene rings is 3. The van der Waals surface area contributed by atoms with Crippen LogP contribution in [0.5, 0.6) is 0 Å². The first-order valence-corrected chi connectivity index (χ1v) is 11.0. The van der Waals surface area contributed by atoms with E-state index in [9.17, 15) is 4.79 Å². The van der Waals surface area contributed by atoms with Crippen molar-refractivity contribution in [3.8, 4) is 0 Å². The Morgan fingerprint density at radius 2 is 1.71 bits per heavy atom. The second kappa shape index (κ2) is 8.99. The van der Waals surface area contributed by atoms with Crippen molar-refractivity contribution in [1.29, 1.82) is 0 Å². The van der Waals surface area contributed by atoms with Crippen molar-refractivity contribution in [1.82, 2.24) is 9.88 Å². The van der Waals surface area contributed by atoms with Gasteiger partial charge in [-0.05, 0) is 66.8 Å². The van der Waals surface area contributed by atoms with Crippen LogP contribution >= 0.6 is 11.6 Å². The molecule has 0 aliphatic carbocycles. The fraction of sp³-hybridized carbons (Fsp3) is 0.222. The van der Waals surface area contributed by atoms with Crippen LogP contribution in [0.15, 0.2) is 72.8 Å². The van der Waals surface area contributed by atoms with Crippen LogP contribution in [0, 0.1) is 13.8 Å². The van der Waals surface area contributed by atoms with Gasteiger partial charge >= 0.3 is 0 Å². The predicted octanol–water partition coefficient (Wildman–Crippen LogP) is 6.49. The molecule has 4 rings (SSSR count). The van der Waals surface area contributed by atoms with Crippen LogP contribution in [0.1, 0.15) is 45.6 Å². The lowest BCUT2D eigenvalue weighted by Crippen LogP contribution is -2.27. The van der Waals surface area contributed by atoms with Crippen molar-refractivity contribution in [2.24, 2.45) is 0 Å². The van der Waals surface area contributed by atoms with Crippen LogP contribution in [-0.2, 0) is 6.54 Å².